The van der Waals surface area contributed by atoms with Gasteiger partial charge in [0.15, 0.2) is 5.96 Å². The molecule has 0 fully saturated rings. The van der Waals surface area contributed by atoms with Crippen LogP contribution in [0.2, 0.25) is 0 Å². The van der Waals surface area contributed by atoms with Crippen LogP contribution in [0.25, 0.3) is 0 Å². The van der Waals surface area contributed by atoms with Gasteiger partial charge in [0.25, 0.3) is 0 Å². The molecule has 2 N–H and O–H groups in total. The highest BCUT2D eigenvalue weighted by molar-refractivity contribution is 7.11. The fourth-order valence-electron chi connectivity index (χ4n) is 2.28. The quantitative estimate of drug-likeness (QED) is 0.604. The van der Waals surface area contributed by atoms with Crippen LogP contribution in [-0.2, 0) is 30.9 Å². The second kappa shape index (κ2) is 9.33. The third kappa shape index (κ3) is 5.69. The molecule has 1 aromatic carbocycles. The number of thiophene rings is 1. The van der Waals surface area contributed by atoms with Crippen LogP contribution >= 0.6 is 11.3 Å². The number of aryl methyl sites for hydroxylation is 1. The van der Waals surface area contributed by atoms with E-state index >= 15 is 0 Å². The van der Waals surface area contributed by atoms with Crippen molar-refractivity contribution in [2.45, 2.75) is 33.0 Å². The van der Waals surface area contributed by atoms with E-state index in [1.54, 1.807) is 14.2 Å². The minimum absolute atomic E-state index is 0.638. The molecular formula is C18H25N3OS. The standard InChI is InChI=1S/C18H25N3OS/c1-4-16-8-9-17(23-16)12-21-18(19-2)20-11-14-6-5-7-15(10-14)13-22-3/h5-10H,4,11-13H2,1-3H3,(H2,19,20,21). The molecule has 0 spiro atoms. The second-order valence-corrected chi connectivity index (χ2v) is 6.51. The third-order valence-electron chi connectivity index (χ3n) is 3.48. The van der Waals surface area contributed by atoms with Crippen molar-refractivity contribution in [2.75, 3.05) is 14.2 Å². The Morgan fingerprint density at radius 2 is 1.83 bits per heavy atom. The second-order valence-electron chi connectivity index (χ2n) is 5.25. The molecule has 0 bridgehead atoms. The summed E-state index contributed by atoms with van der Waals surface area (Å²) in [6.07, 6.45) is 1.09. The van der Waals surface area contributed by atoms with E-state index in [0.29, 0.717) is 6.61 Å². The van der Waals surface area contributed by atoms with Crippen LogP contribution < -0.4 is 10.6 Å². The molecule has 0 saturated carbocycles. The van der Waals surface area contributed by atoms with Crippen molar-refractivity contribution in [3.63, 3.8) is 0 Å². The number of guanidine groups is 1. The van der Waals surface area contributed by atoms with Crippen LogP contribution in [-0.4, -0.2) is 20.1 Å². The Kier molecular flexibility index (Phi) is 7.10. The van der Waals surface area contributed by atoms with Crippen LogP contribution in [0.5, 0.6) is 0 Å². The van der Waals surface area contributed by atoms with Crippen molar-refractivity contribution in [3.05, 3.63) is 57.3 Å². The summed E-state index contributed by atoms with van der Waals surface area (Å²) in [6, 6.07) is 12.8. The van der Waals surface area contributed by atoms with Crippen LogP contribution in [0.4, 0.5) is 0 Å². The Labute approximate surface area is 142 Å². The van der Waals surface area contributed by atoms with E-state index in [2.05, 4.69) is 58.9 Å². The van der Waals surface area contributed by atoms with Crippen LogP contribution in [0.3, 0.4) is 0 Å². The summed E-state index contributed by atoms with van der Waals surface area (Å²) in [5, 5.41) is 6.71. The van der Waals surface area contributed by atoms with Gasteiger partial charge in [-0.2, -0.15) is 0 Å². The Balaban J connectivity index is 1.84. The molecule has 1 heterocycles. The fraction of sp³-hybridized carbons (Fsp3) is 0.389. The normalized spacial score (nSPS) is 11.5. The zero-order valence-electron chi connectivity index (χ0n) is 14.1. The number of methoxy groups -OCH3 is 1. The lowest BCUT2D eigenvalue weighted by atomic mass is 10.1. The summed E-state index contributed by atoms with van der Waals surface area (Å²) >= 11 is 1.85. The monoisotopic (exact) mass is 331 g/mol. The van der Waals surface area contributed by atoms with E-state index in [9.17, 15) is 0 Å². The number of rotatable bonds is 7. The highest BCUT2D eigenvalue weighted by atomic mass is 32.1. The molecule has 1 aromatic heterocycles. The van der Waals surface area contributed by atoms with Gasteiger partial charge in [-0.15, -0.1) is 11.3 Å². The summed E-state index contributed by atoms with van der Waals surface area (Å²) in [7, 11) is 3.51. The van der Waals surface area contributed by atoms with Crippen LogP contribution in [0, 0.1) is 0 Å². The van der Waals surface area contributed by atoms with Gasteiger partial charge in [0, 0.05) is 30.5 Å². The molecule has 2 rings (SSSR count). The molecular weight excluding hydrogens is 306 g/mol. The number of aliphatic imine (C=N–C) groups is 1. The van der Waals surface area contributed by atoms with Crippen molar-refractivity contribution in [2.24, 2.45) is 4.99 Å². The van der Waals surface area contributed by atoms with Gasteiger partial charge >= 0.3 is 0 Å². The number of hydrogen-bond donors (Lipinski definition) is 2. The molecule has 4 nitrogen and oxygen atoms in total. The van der Waals surface area contributed by atoms with Crippen molar-refractivity contribution in [3.8, 4) is 0 Å². The van der Waals surface area contributed by atoms with E-state index in [-0.39, 0.29) is 0 Å². The summed E-state index contributed by atoms with van der Waals surface area (Å²) in [5.41, 5.74) is 2.40. The Morgan fingerprint density at radius 3 is 2.52 bits per heavy atom. The Hall–Kier alpha value is -1.85. The molecule has 5 heteroatoms. The van der Waals surface area contributed by atoms with E-state index in [1.807, 2.05) is 11.3 Å². The van der Waals surface area contributed by atoms with Crippen molar-refractivity contribution >= 4 is 17.3 Å². The number of nitrogens with zero attached hydrogens (tertiary/aromatic N) is 1. The van der Waals surface area contributed by atoms with Crippen molar-refractivity contribution in [1.29, 1.82) is 0 Å². The zero-order chi connectivity index (χ0) is 16.5. The molecule has 23 heavy (non-hydrogen) atoms. The maximum Gasteiger partial charge on any atom is 0.191 e. The number of benzene rings is 1. The molecule has 124 valence electrons. The fourth-order valence-corrected chi connectivity index (χ4v) is 3.18. The maximum atomic E-state index is 5.17. The molecule has 0 radical (unpaired) electrons. The molecule has 0 atom stereocenters. The average molecular weight is 331 g/mol. The topological polar surface area (TPSA) is 45.7 Å². The Bertz CT molecular complexity index is 637. The lowest BCUT2D eigenvalue weighted by Crippen LogP contribution is -2.36. The summed E-state index contributed by atoms with van der Waals surface area (Å²) in [5.74, 6) is 0.814. The first-order chi connectivity index (χ1) is 11.2. The molecule has 0 aliphatic carbocycles. The van der Waals surface area contributed by atoms with Gasteiger partial charge in [0.2, 0.25) is 0 Å². The van der Waals surface area contributed by atoms with Gasteiger partial charge in [-0.05, 0) is 29.7 Å². The first kappa shape index (κ1) is 17.5. The van der Waals surface area contributed by atoms with Gasteiger partial charge in [0.1, 0.15) is 0 Å². The molecule has 0 aliphatic heterocycles. The highest BCUT2D eigenvalue weighted by Gasteiger charge is 2.02. The van der Waals surface area contributed by atoms with Crippen LogP contribution in [0.15, 0.2) is 41.4 Å². The average Bonchev–Trinajstić information content (AvgIpc) is 3.04. The lowest BCUT2D eigenvalue weighted by molar-refractivity contribution is 0.185. The number of ether oxygens (including phenoxy) is 1. The van der Waals surface area contributed by atoms with E-state index < -0.39 is 0 Å². The van der Waals surface area contributed by atoms with E-state index in [1.165, 1.54) is 20.9 Å². The van der Waals surface area contributed by atoms with Gasteiger partial charge in [0.05, 0.1) is 13.2 Å². The van der Waals surface area contributed by atoms with E-state index in [0.717, 1.165) is 25.5 Å². The maximum absolute atomic E-state index is 5.17. The predicted molar refractivity (Wildman–Crippen MR) is 97.9 cm³/mol. The highest BCUT2D eigenvalue weighted by Crippen LogP contribution is 2.16. The Morgan fingerprint density at radius 1 is 1.09 bits per heavy atom. The van der Waals surface area contributed by atoms with Gasteiger partial charge in [-0.25, -0.2) is 0 Å². The van der Waals surface area contributed by atoms with Gasteiger partial charge < -0.3 is 15.4 Å². The molecule has 0 amide bonds. The minimum Gasteiger partial charge on any atom is -0.380 e. The minimum atomic E-state index is 0.638. The summed E-state index contributed by atoms with van der Waals surface area (Å²) < 4.78 is 5.17. The summed E-state index contributed by atoms with van der Waals surface area (Å²) in [4.78, 5) is 7.02. The molecule has 0 aliphatic rings. The number of nitrogens with one attached hydrogen (secondary N) is 2. The predicted octanol–water partition coefficient (Wildman–Crippen LogP) is 3.32. The van der Waals surface area contributed by atoms with Crippen molar-refractivity contribution in [1.82, 2.24) is 10.6 Å². The zero-order valence-corrected chi connectivity index (χ0v) is 14.9. The first-order valence-electron chi connectivity index (χ1n) is 7.84. The van der Waals surface area contributed by atoms with Crippen LogP contribution in [0.1, 0.15) is 27.8 Å². The molecule has 0 saturated heterocycles. The number of hydrogen-bond acceptors (Lipinski definition) is 3. The smallest absolute Gasteiger partial charge is 0.191 e. The lowest BCUT2D eigenvalue weighted by Gasteiger charge is -2.12. The van der Waals surface area contributed by atoms with E-state index in [4.69, 9.17) is 4.74 Å². The third-order valence-corrected chi connectivity index (χ3v) is 4.71. The first-order valence-corrected chi connectivity index (χ1v) is 8.65. The van der Waals surface area contributed by atoms with Gasteiger partial charge in [-0.1, -0.05) is 31.2 Å². The summed E-state index contributed by atoms with van der Waals surface area (Å²) in [6.45, 7) is 4.36. The SMILES string of the molecule is CCc1ccc(CNC(=NC)NCc2cccc(COC)c2)s1. The largest absolute Gasteiger partial charge is 0.380 e. The van der Waals surface area contributed by atoms with Crippen molar-refractivity contribution < 1.29 is 4.74 Å². The molecule has 0 unspecified atom stereocenters. The molecule has 2 aromatic rings. The van der Waals surface area contributed by atoms with Gasteiger partial charge in [-0.3, -0.25) is 4.99 Å².